The van der Waals surface area contributed by atoms with Gasteiger partial charge in [0.25, 0.3) is 0 Å². The van der Waals surface area contributed by atoms with E-state index in [9.17, 15) is 18.3 Å². The number of aryl methyl sites for hydroxylation is 1. The van der Waals surface area contributed by atoms with Crippen molar-refractivity contribution in [2.24, 2.45) is 5.92 Å². The summed E-state index contributed by atoms with van der Waals surface area (Å²) in [7, 11) is -3.72. The molecular formula is C27H36N2O5S. The molecule has 2 saturated heterocycles. The predicted octanol–water partition coefficient (Wildman–Crippen LogP) is 3.05. The number of rotatable bonds is 8. The van der Waals surface area contributed by atoms with Crippen LogP contribution in [-0.4, -0.2) is 62.3 Å². The lowest BCUT2D eigenvalue weighted by molar-refractivity contribution is -0.141. The summed E-state index contributed by atoms with van der Waals surface area (Å²) in [6.45, 7) is 3.10. The maximum Gasteiger partial charge on any atom is 0.240 e. The van der Waals surface area contributed by atoms with Gasteiger partial charge in [-0.2, -0.15) is 0 Å². The minimum atomic E-state index is -3.72. The van der Waals surface area contributed by atoms with Gasteiger partial charge in [0.2, 0.25) is 15.9 Å². The first-order chi connectivity index (χ1) is 16.8. The molecule has 0 radical (unpaired) electrons. The maximum absolute atomic E-state index is 12.9. The molecule has 1 amide bonds. The highest BCUT2D eigenvalue weighted by Crippen LogP contribution is 2.26. The number of nitrogens with zero attached hydrogens (tertiary/aromatic N) is 1. The van der Waals surface area contributed by atoms with Crippen LogP contribution in [0, 0.1) is 12.8 Å². The summed E-state index contributed by atoms with van der Waals surface area (Å²) < 4.78 is 34.2. The molecule has 2 aliphatic heterocycles. The van der Waals surface area contributed by atoms with Gasteiger partial charge in [0.1, 0.15) is 0 Å². The number of benzene rings is 2. The SMILES string of the molecule is Cc1ccc(S(=O)(=O)N[C@@H]2CC[C@@H](CC(=O)N3CCC(Cc4ccccc4)CC3)O[C@@H]2CO)cc1. The summed E-state index contributed by atoms with van der Waals surface area (Å²) in [6, 6.07) is 16.6. The van der Waals surface area contributed by atoms with Crippen molar-refractivity contribution in [3.63, 3.8) is 0 Å². The fourth-order valence-corrected chi connectivity index (χ4v) is 6.36. The van der Waals surface area contributed by atoms with Crippen LogP contribution in [0.25, 0.3) is 0 Å². The van der Waals surface area contributed by atoms with E-state index in [4.69, 9.17) is 4.74 Å². The van der Waals surface area contributed by atoms with Crippen molar-refractivity contribution in [2.45, 2.75) is 68.6 Å². The Kier molecular flexibility index (Phi) is 8.59. The largest absolute Gasteiger partial charge is 0.394 e. The third-order valence-electron chi connectivity index (χ3n) is 7.17. The Bertz CT molecular complexity index is 1070. The van der Waals surface area contributed by atoms with Crippen LogP contribution in [0.15, 0.2) is 59.5 Å². The Labute approximate surface area is 208 Å². The van der Waals surface area contributed by atoms with E-state index >= 15 is 0 Å². The second kappa shape index (κ2) is 11.6. The number of aliphatic hydroxyl groups excluding tert-OH is 1. The van der Waals surface area contributed by atoms with E-state index in [1.54, 1.807) is 24.3 Å². The van der Waals surface area contributed by atoms with Crippen molar-refractivity contribution in [3.05, 3.63) is 65.7 Å². The fraction of sp³-hybridized carbons (Fsp3) is 0.519. The number of ether oxygens (including phenoxy) is 1. The monoisotopic (exact) mass is 500 g/mol. The lowest BCUT2D eigenvalue weighted by Crippen LogP contribution is -2.51. The van der Waals surface area contributed by atoms with Gasteiger partial charge in [-0.25, -0.2) is 13.1 Å². The number of carbonyl (C=O) groups excluding carboxylic acids is 1. The molecule has 2 aromatic carbocycles. The third-order valence-corrected chi connectivity index (χ3v) is 8.68. The van der Waals surface area contributed by atoms with Crippen LogP contribution in [0.1, 0.15) is 43.2 Å². The summed E-state index contributed by atoms with van der Waals surface area (Å²) in [4.78, 5) is 15.0. The van der Waals surface area contributed by atoms with Crippen LogP contribution in [0.3, 0.4) is 0 Å². The fourth-order valence-electron chi connectivity index (χ4n) is 5.06. The molecular weight excluding hydrogens is 464 g/mol. The number of aliphatic hydroxyl groups is 1. The van der Waals surface area contributed by atoms with Gasteiger partial charge >= 0.3 is 0 Å². The van der Waals surface area contributed by atoms with Gasteiger partial charge in [0.05, 0.1) is 36.2 Å². The van der Waals surface area contributed by atoms with Gasteiger partial charge < -0.3 is 14.7 Å². The Morgan fingerprint density at radius 3 is 2.37 bits per heavy atom. The second-order valence-electron chi connectivity index (χ2n) is 9.82. The van der Waals surface area contributed by atoms with E-state index < -0.39 is 22.2 Å². The number of likely N-dealkylation sites (tertiary alicyclic amines) is 1. The highest BCUT2D eigenvalue weighted by atomic mass is 32.2. The van der Waals surface area contributed by atoms with E-state index in [-0.39, 0.29) is 29.9 Å². The normalized spacial score (nSPS) is 23.8. The van der Waals surface area contributed by atoms with Crippen molar-refractivity contribution < 1.29 is 23.1 Å². The summed E-state index contributed by atoms with van der Waals surface area (Å²) in [5.74, 6) is 0.664. The molecule has 0 saturated carbocycles. The van der Waals surface area contributed by atoms with Crippen LogP contribution in [-0.2, 0) is 26.0 Å². The maximum atomic E-state index is 12.9. The van der Waals surface area contributed by atoms with Crippen molar-refractivity contribution >= 4 is 15.9 Å². The molecule has 0 aromatic heterocycles. The minimum Gasteiger partial charge on any atom is -0.394 e. The first-order valence-corrected chi connectivity index (χ1v) is 14.0. The van der Waals surface area contributed by atoms with E-state index in [0.29, 0.717) is 18.8 Å². The molecule has 35 heavy (non-hydrogen) atoms. The summed E-state index contributed by atoms with van der Waals surface area (Å²) in [5.41, 5.74) is 2.32. The zero-order valence-corrected chi connectivity index (χ0v) is 21.1. The van der Waals surface area contributed by atoms with Crippen LogP contribution < -0.4 is 4.72 Å². The number of piperidine rings is 1. The Morgan fingerprint density at radius 2 is 1.71 bits per heavy atom. The van der Waals surface area contributed by atoms with Crippen molar-refractivity contribution in [1.29, 1.82) is 0 Å². The average molecular weight is 501 g/mol. The molecule has 0 unspecified atom stereocenters. The predicted molar refractivity (Wildman–Crippen MR) is 134 cm³/mol. The molecule has 2 N–H and O–H groups in total. The number of amides is 1. The zero-order valence-electron chi connectivity index (χ0n) is 20.3. The molecule has 3 atom stereocenters. The van der Waals surface area contributed by atoms with Gasteiger partial charge in [-0.05, 0) is 62.6 Å². The van der Waals surface area contributed by atoms with Crippen molar-refractivity contribution in [2.75, 3.05) is 19.7 Å². The number of hydrogen-bond acceptors (Lipinski definition) is 5. The molecule has 2 fully saturated rings. The van der Waals surface area contributed by atoms with E-state index in [1.165, 1.54) is 5.56 Å². The van der Waals surface area contributed by atoms with Crippen LogP contribution in [0.5, 0.6) is 0 Å². The standard InChI is InChI=1S/C27H36N2O5S/c1-20-7-10-24(11-8-20)35(32,33)28-25-12-9-23(34-26(25)19-30)18-27(31)29-15-13-22(14-16-29)17-21-5-3-2-4-6-21/h2-8,10-11,22-23,25-26,28,30H,9,12-19H2,1H3/t23-,25+,26+/m0/s1. The third kappa shape index (κ3) is 6.91. The molecule has 2 heterocycles. The lowest BCUT2D eigenvalue weighted by atomic mass is 9.90. The van der Waals surface area contributed by atoms with Crippen LogP contribution >= 0.6 is 0 Å². The first kappa shape index (κ1) is 25.8. The minimum absolute atomic E-state index is 0.0727. The Hall–Kier alpha value is -2.26. The van der Waals surface area contributed by atoms with Gasteiger partial charge in [-0.1, -0.05) is 48.0 Å². The summed E-state index contributed by atoms with van der Waals surface area (Å²) in [5, 5.41) is 9.86. The van der Waals surface area contributed by atoms with Crippen LogP contribution in [0.2, 0.25) is 0 Å². The van der Waals surface area contributed by atoms with Crippen molar-refractivity contribution in [1.82, 2.24) is 9.62 Å². The molecule has 190 valence electrons. The molecule has 7 nitrogen and oxygen atoms in total. The molecule has 0 aliphatic carbocycles. The second-order valence-corrected chi connectivity index (χ2v) is 11.5. The molecule has 2 aromatic rings. The lowest BCUT2D eigenvalue weighted by Gasteiger charge is -2.37. The van der Waals surface area contributed by atoms with E-state index in [1.807, 2.05) is 17.9 Å². The average Bonchev–Trinajstić information content (AvgIpc) is 2.86. The van der Waals surface area contributed by atoms with Gasteiger partial charge in [-0.3, -0.25) is 4.79 Å². The Morgan fingerprint density at radius 1 is 1.03 bits per heavy atom. The number of carbonyl (C=O) groups is 1. The molecule has 8 heteroatoms. The number of hydrogen-bond donors (Lipinski definition) is 2. The number of nitrogens with one attached hydrogen (secondary N) is 1. The summed E-state index contributed by atoms with van der Waals surface area (Å²) in [6.07, 6.45) is 3.37. The molecule has 0 spiro atoms. The summed E-state index contributed by atoms with van der Waals surface area (Å²) >= 11 is 0. The zero-order chi connectivity index (χ0) is 24.8. The highest BCUT2D eigenvalue weighted by molar-refractivity contribution is 7.89. The molecule has 0 bridgehead atoms. The molecule has 4 rings (SSSR count). The first-order valence-electron chi connectivity index (χ1n) is 12.5. The van der Waals surface area contributed by atoms with E-state index in [2.05, 4.69) is 29.0 Å². The molecule has 2 aliphatic rings. The smallest absolute Gasteiger partial charge is 0.240 e. The quantitative estimate of drug-likeness (QED) is 0.581. The van der Waals surface area contributed by atoms with Gasteiger partial charge in [0.15, 0.2) is 0 Å². The van der Waals surface area contributed by atoms with Gasteiger partial charge in [-0.15, -0.1) is 0 Å². The highest BCUT2D eigenvalue weighted by Gasteiger charge is 2.35. The van der Waals surface area contributed by atoms with Gasteiger partial charge in [0, 0.05) is 13.1 Å². The van der Waals surface area contributed by atoms with Crippen molar-refractivity contribution in [3.8, 4) is 0 Å². The van der Waals surface area contributed by atoms with Crippen LogP contribution in [0.4, 0.5) is 0 Å². The van der Waals surface area contributed by atoms with E-state index in [0.717, 1.165) is 37.9 Å². The number of sulfonamides is 1. The topological polar surface area (TPSA) is 95.9 Å². The Balaban J connectivity index is 1.25.